The van der Waals surface area contributed by atoms with Gasteiger partial charge in [0.15, 0.2) is 11.5 Å². The van der Waals surface area contributed by atoms with Gasteiger partial charge in [0.2, 0.25) is 5.91 Å². The van der Waals surface area contributed by atoms with Crippen LogP contribution < -0.4 is 14.8 Å². The van der Waals surface area contributed by atoms with Gasteiger partial charge in [-0.3, -0.25) is 4.79 Å². The molecular formula is C16H22N2O4. The summed E-state index contributed by atoms with van der Waals surface area (Å²) in [6.45, 7) is 1.75. The van der Waals surface area contributed by atoms with E-state index in [2.05, 4.69) is 5.32 Å². The minimum absolute atomic E-state index is 0.0667. The quantitative estimate of drug-likeness (QED) is 0.841. The normalized spacial score (nSPS) is 24.0. The lowest BCUT2D eigenvalue weighted by molar-refractivity contribution is -0.134. The predicted octanol–water partition coefficient (Wildman–Crippen LogP) is 0.311. The SMILES string of the molecule is COc1cc2c(cc1OC)CN(C(=O)[C@@H]1C[C@@H](O)CN1)CC2. The largest absolute Gasteiger partial charge is 0.493 e. The Morgan fingerprint density at radius 3 is 2.55 bits per heavy atom. The molecule has 22 heavy (non-hydrogen) atoms. The van der Waals surface area contributed by atoms with Crippen molar-refractivity contribution in [3.05, 3.63) is 23.3 Å². The Hall–Kier alpha value is -1.79. The third-order valence-electron chi connectivity index (χ3n) is 4.44. The fourth-order valence-electron chi connectivity index (χ4n) is 3.20. The van der Waals surface area contributed by atoms with E-state index in [-0.39, 0.29) is 11.9 Å². The molecule has 0 radical (unpaired) electrons. The molecule has 0 saturated carbocycles. The Balaban J connectivity index is 1.77. The number of carbonyl (C=O) groups is 1. The first-order valence-corrected chi connectivity index (χ1v) is 7.56. The zero-order valence-corrected chi connectivity index (χ0v) is 13.0. The number of hydrogen-bond acceptors (Lipinski definition) is 5. The van der Waals surface area contributed by atoms with Crippen molar-refractivity contribution in [3.8, 4) is 11.5 Å². The molecule has 6 nitrogen and oxygen atoms in total. The Morgan fingerprint density at radius 2 is 1.95 bits per heavy atom. The van der Waals surface area contributed by atoms with E-state index in [0.29, 0.717) is 31.8 Å². The number of aliphatic hydroxyl groups is 1. The number of β-amino-alcohol motifs (C(OH)–C–C–N with tert-alkyl or cyclic N) is 1. The van der Waals surface area contributed by atoms with Crippen LogP contribution in [0, 0.1) is 0 Å². The molecule has 0 aliphatic carbocycles. The molecular weight excluding hydrogens is 284 g/mol. The van der Waals surface area contributed by atoms with Crippen molar-refractivity contribution in [2.45, 2.75) is 31.5 Å². The number of carbonyl (C=O) groups excluding carboxylic acids is 1. The molecule has 1 amide bonds. The fourth-order valence-corrected chi connectivity index (χ4v) is 3.20. The minimum Gasteiger partial charge on any atom is -0.493 e. The molecule has 2 N–H and O–H groups in total. The topological polar surface area (TPSA) is 71.0 Å². The number of fused-ring (bicyclic) bond motifs is 1. The standard InChI is InChI=1S/C16H22N2O4/c1-21-14-5-10-3-4-18(9-11(10)6-15(14)22-2)16(20)13-7-12(19)8-17-13/h5-6,12-13,17,19H,3-4,7-9H2,1-2H3/t12-,13+/m1/s1. The lowest BCUT2D eigenvalue weighted by atomic mass is 9.98. The molecule has 0 aromatic heterocycles. The molecule has 1 saturated heterocycles. The van der Waals surface area contributed by atoms with Gasteiger partial charge in [-0.05, 0) is 36.1 Å². The van der Waals surface area contributed by atoms with E-state index >= 15 is 0 Å². The number of aliphatic hydroxyl groups excluding tert-OH is 1. The second-order valence-corrected chi connectivity index (χ2v) is 5.84. The number of ether oxygens (including phenoxy) is 2. The molecule has 3 rings (SSSR count). The monoisotopic (exact) mass is 306 g/mol. The van der Waals surface area contributed by atoms with E-state index in [4.69, 9.17) is 9.47 Å². The number of nitrogens with one attached hydrogen (secondary N) is 1. The summed E-state index contributed by atoms with van der Waals surface area (Å²) in [5, 5.41) is 12.6. The van der Waals surface area contributed by atoms with Gasteiger partial charge < -0.3 is 24.8 Å². The van der Waals surface area contributed by atoms with Crippen LogP contribution >= 0.6 is 0 Å². The first kappa shape index (κ1) is 15.1. The predicted molar refractivity (Wildman–Crippen MR) is 81.1 cm³/mol. The number of hydrogen-bond donors (Lipinski definition) is 2. The molecule has 0 unspecified atom stereocenters. The van der Waals surface area contributed by atoms with E-state index in [1.54, 1.807) is 14.2 Å². The van der Waals surface area contributed by atoms with Gasteiger partial charge in [-0.1, -0.05) is 0 Å². The van der Waals surface area contributed by atoms with Gasteiger partial charge in [0, 0.05) is 19.6 Å². The van der Waals surface area contributed by atoms with Gasteiger partial charge in [0.05, 0.1) is 26.4 Å². The van der Waals surface area contributed by atoms with E-state index < -0.39 is 6.10 Å². The molecule has 1 aromatic rings. The van der Waals surface area contributed by atoms with Crippen molar-refractivity contribution < 1.29 is 19.4 Å². The minimum atomic E-state index is -0.421. The maximum Gasteiger partial charge on any atom is 0.240 e. The lowest BCUT2D eigenvalue weighted by Gasteiger charge is -2.31. The van der Waals surface area contributed by atoms with E-state index in [0.717, 1.165) is 17.7 Å². The Labute approximate surface area is 130 Å². The summed E-state index contributed by atoms with van der Waals surface area (Å²) >= 11 is 0. The fraction of sp³-hybridized carbons (Fsp3) is 0.562. The van der Waals surface area contributed by atoms with Crippen LogP contribution in [0.4, 0.5) is 0 Å². The van der Waals surface area contributed by atoms with Crippen LogP contribution in [0.5, 0.6) is 11.5 Å². The first-order valence-electron chi connectivity index (χ1n) is 7.56. The molecule has 0 bridgehead atoms. The smallest absolute Gasteiger partial charge is 0.240 e. The summed E-state index contributed by atoms with van der Waals surface area (Å²) in [5.74, 6) is 1.48. The molecule has 1 fully saturated rings. The highest BCUT2D eigenvalue weighted by Crippen LogP contribution is 2.33. The number of methoxy groups -OCH3 is 2. The highest BCUT2D eigenvalue weighted by Gasteiger charge is 2.33. The number of rotatable bonds is 3. The summed E-state index contributed by atoms with van der Waals surface area (Å²) in [6, 6.07) is 3.68. The van der Waals surface area contributed by atoms with Crippen molar-refractivity contribution in [2.75, 3.05) is 27.3 Å². The van der Waals surface area contributed by atoms with Crippen molar-refractivity contribution in [2.24, 2.45) is 0 Å². The summed E-state index contributed by atoms with van der Waals surface area (Å²) in [7, 11) is 3.24. The van der Waals surface area contributed by atoms with Crippen LogP contribution in [0.1, 0.15) is 17.5 Å². The molecule has 2 atom stereocenters. The van der Waals surface area contributed by atoms with Gasteiger partial charge in [-0.15, -0.1) is 0 Å². The van der Waals surface area contributed by atoms with Gasteiger partial charge in [0.1, 0.15) is 0 Å². The molecule has 6 heteroatoms. The van der Waals surface area contributed by atoms with Gasteiger partial charge >= 0.3 is 0 Å². The van der Waals surface area contributed by atoms with Crippen LogP contribution in [0.2, 0.25) is 0 Å². The molecule has 2 aliphatic heterocycles. The van der Waals surface area contributed by atoms with E-state index in [1.807, 2.05) is 17.0 Å². The molecule has 2 heterocycles. The highest BCUT2D eigenvalue weighted by molar-refractivity contribution is 5.82. The number of amides is 1. The maximum atomic E-state index is 12.5. The molecule has 1 aromatic carbocycles. The average Bonchev–Trinajstić information content (AvgIpc) is 2.98. The van der Waals surface area contributed by atoms with Crippen LogP contribution in [0.25, 0.3) is 0 Å². The Morgan fingerprint density at radius 1 is 1.27 bits per heavy atom. The van der Waals surface area contributed by atoms with Crippen molar-refractivity contribution in [1.29, 1.82) is 0 Å². The third-order valence-corrected chi connectivity index (χ3v) is 4.44. The second kappa shape index (κ2) is 6.14. The number of nitrogens with zero attached hydrogens (tertiary/aromatic N) is 1. The van der Waals surface area contributed by atoms with E-state index in [1.165, 1.54) is 5.56 Å². The second-order valence-electron chi connectivity index (χ2n) is 5.84. The van der Waals surface area contributed by atoms with Gasteiger partial charge in [-0.25, -0.2) is 0 Å². The van der Waals surface area contributed by atoms with Gasteiger partial charge in [-0.2, -0.15) is 0 Å². The summed E-state index contributed by atoms with van der Waals surface area (Å²) < 4.78 is 10.7. The molecule has 120 valence electrons. The van der Waals surface area contributed by atoms with Crippen LogP contribution in [0.15, 0.2) is 12.1 Å². The first-order chi connectivity index (χ1) is 10.6. The Kier molecular flexibility index (Phi) is 4.22. The average molecular weight is 306 g/mol. The summed E-state index contributed by atoms with van der Waals surface area (Å²) in [4.78, 5) is 14.4. The Bertz CT molecular complexity index is 576. The summed E-state index contributed by atoms with van der Waals surface area (Å²) in [5.41, 5.74) is 2.29. The maximum absolute atomic E-state index is 12.5. The molecule has 0 spiro atoms. The van der Waals surface area contributed by atoms with Gasteiger partial charge in [0.25, 0.3) is 0 Å². The van der Waals surface area contributed by atoms with Crippen LogP contribution in [0.3, 0.4) is 0 Å². The zero-order chi connectivity index (χ0) is 15.7. The van der Waals surface area contributed by atoms with Crippen molar-refractivity contribution in [3.63, 3.8) is 0 Å². The molecule has 2 aliphatic rings. The summed E-state index contributed by atoms with van der Waals surface area (Å²) in [6.07, 6.45) is 0.876. The highest BCUT2D eigenvalue weighted by atomic mass is 16.5. The third kappa shape index (κ3) is 2.76. The lowest BCUT2D eigenvalue weighted by Crippen LogP contribution is -2.45. The van der Waals surface area contributed by atoms with Crippen LogP contribution in [-0.2, 0) is 17.8 Å². The van der Waals surface area contributed by atoms with Crippen molar-refractivity contribution in [1.82, 2.24) is 10.2 Å². The zero-order valence-electron chi connectivity index (χ0n) is 13.0. The van der Waals surface area contributed by atoms with Crippen LogP contribution in [-0.4, -0.2) is 55.4 Å². The number of benzene rings is 1. The van der Waals surface area contributed by atoms with Crippen molar-refractivity contribution >= 4 is 5.91 Å². The van der Waals surface area contributed by atoms with E-state index in [9.17, 15) is 9.90 Å².